The zero-order chi connectivity index (χ0) is 88.7. The summed E-state index contributed by atoms with van der Waals surface area (Å²) in [5.74, 6) is -0.120. The lowest BCUT2D eigenvalue weighted by molar-refractivity contribution is 0.0992. The molecule has 5 N–H and O–H groups in total. The fourth-order valence-corrected chi connectivity index (χ4v) is 17.9. The molecule has 0 aliphatic heterocycles. The number of halogens is 2. The Balaban J connectivity index is 0.000000117. The third kappa shape index (κ3) is 21.0. The van der Waals surface area contributed by atoms with E-state index in [1.807, 2.05) is 144 Å². The van der Waals surface area contributed by atoms with Gasteiger partial charge in [-0.2, -0.15) is 15.7 Å². The van der Waals surface area contributed by atoms with E-state index in [0.717, 1.165) is 120 Å². The molecule has 0 atom stereocenters. The van der Waals surface area contributed by atoms with Crippen LogP contribution >= 0.6 is 61.7 Å². The van der Waals surface area contributed by atoms with Crippen LogP contribution in [0.4, 0.5) is 28.4 Å². The number of carbonyl (C=O) groups excluding carboxylic acids is 5. The fraction of sp³-hybridized carbons (Fsp3) is 0.106. The van der Waals surface area contributed by atoms with E-state index in [1.165, 1.54) is 109 Å². The highest BCUT2D eigenvalue weighted by Gasteiger charge is 2.22. The third-order valence-corrected chi connectivity index (χ3v) is 25.3. The molecule has 0 saturated carbocycles. The Morgan fingerprint density at radius 1 is 0.367 bits per heavy atom. The van der Waals surface area contributed by atoms with E-state index in [9.17, 15) is 24.0 Å². The van der Waals surface area contributed by atoms with Crippen LogP contribution in [-0.2, 0) is 32.7 Å². The quantitative estimate of drug-likeness (QED) is 0.0489. The van der Waals surface area contributed by atoms with Gasteiger partial charge in [-0.1, -0.05) is 252 Å². The monoisotopic (exact) mass is 1830 g/mol. The highest BCUT2D eigenvalue weighted by atomic mass is 79.9. The second-order valence-corrected chi connectivity index (χ2v) is 34.6. The number of aryl methyl sites for hydroxylation is 6. The van der Waals surface area contributed by atoms with E-state index in [2.05, 4.69) is 255 Å². The molecule has 638 valence electrons. The maximum absolute atomic E-state index is 12.6. The zero-order valence-electron chi connectivity index (χ0n) is 70.8. The molecule has 0 aliphatic carbocycles. The lowest BCUT2D eigenvalue weighted by atomic mass is 10.1. The molecule has 20 rings (SSSR count). The Bertz CT molecular complexity index is 6690. The average molecular weight is 1830 g/mol. The first-order valence-corrected chi connectivity index (χ1v) is 45.1. The number of aromatic nitrogens is 7. The van der Waals surface area contributed by atoms with Crippen molar-refractivity contribution in [3.05, 3.63) is 431 Å². The standard InChI is InChI=1S/C22H20N2O2.C21H17BrN2OS.C21H17ClN2OS.C20H17N3O2.C20H17N3OS/c1-15-7-9-17(10-8-15)13-24-14-20(19-5-3-4-6-21(19)24)23-22(25)18-11-12-26-16(18)2;1-14-6-8-15(9-7-14)10-24-11-19(16-4-2-3-5-20(16)24)23-21(25)17-12-26-13-18(17)22;1-14-6-8-15(9-7-14)12-24-13-18(16-4-2-3-5-19(16)24)23-21(25)20-17(22)10-11-26-20;1-14-6-8-15(9-7-14)11-23-12-17(16-4-2-3-5-18(16)23)22-20(24)19-10-21-13-25-19;1-14-6-8-15(9-7-14)12-23-13-18(16-4-2-3-5-19(16)23)21-20(24)17-10-11-25-22-17/h3-12,14H,13H2,1-2H3,(H,23,25);2-9,11-13H,10H2,1H3,(H,23,25);2-11,13H,12H2,1H3,(H,23,25);2-10,12-13H,11H2,1H3,(H,22,24);2-11,13H,12H2,1H3,(H,21,24). The van der Waals surface area contributed by atoms with Crippen molar-refractivity contribution in [1.29, 1.82) is 0 Å². The molecule has 128 heavy (non-hydrogen) atoms. The number of furan rings is 1. The average Bonchev–Trinajstić information content (AvgIpc) is 1.71. The first kappa shape index (κ1) is 87.0. The molecule has 0 aliphatic rings. The van der Waals surface area contributed by atoms with Crippen molar-refractivity contribution in [2.75, 3.05) is 26.6 Å². The number of benzene rings is 10. The largest absolute Gasteiger partial charge is 0.469 e. The molecular weight excluding hydrogens is 1740 g/mol. The maximum Gasteiger partial charge on any atom is 0.293 e. The summed E-state index contributed by atoms with van der Waals surface area (Å²) in [6, 6.07) is 88.1. The summed E-state index contributed by atoms with van der Waals surface area (Å²) in [4.78, 5) is 66.6. The molecule has 19 nitrogen and oxygen atoms in total. The van der Waals surface area contributed by atoms with Gasteiger partial charge in [0.25, 0.3) is 29.5 Å². The maximum atomic E-state index is 12.6. The van der Waals surface area contributed by atoms with E-state index in [1.54, 1.807) is 30.5 Å². The molecule has 0 bridgehead atoms. The van der Waals surface area contributed by atoms with Crippen LogP contribution in [0.15, 0.2) is 346 Å². The van der Waals surface area contributed by atoms with Gasteiger partial charge < -0.3 is 58.3 Å². The summed E-state index contributed by atoms with van der Waals surface area (Å²) in [5.41, 5.74) is 23.4. The van der Waals surface area contributed by atoms with Gasteiger partial charge >= 0.3 is 0 Å². The second kappa shape index (κ2) is 40.2. The predicted octanol–water partition coefficient (Wildman–Crippen LogP) is 26.1. The smallest absolute Gasteiger partial charge is 0.293 e. The van der Waals surface area contributed by atoms with Gasteiger partial charge in [0.1, 0.15) is 16.3 Å². The Kier molecular flexibility index (Phi) is 27.4. The minimum atomic E-state index is -0.310. The molecule has 10 aromatic heterocycles. The lowest BCUT2D eigenvalue weighted by Gasteiger charge is -2.06. The topological polar surface area (TPSA) is 222 Å². The normalized spacial score (nSPS) is 11.0. The summed E-state index contributed by atoms with van der Waals surface area (Å²) in [5, 5.41) is 27.9. The summed E-state index contributed by atoms with van der Waals surface area (Å²) in [6.07, 6.45) is 14.1. The molecule has 0 spiro atoms. The number of hydrogen-bond donors (Lipinski definition) is 5. The van der Waals surface area contributed by atoms with Crippen LogP contribution < -0.4 is 26.6 Å². The number of hydrogen-bond acceptors (Lipinski definition) is 12. The molecule has 0 unspecified atom stereocenters. The Morgan fingerprint density at radius 3 is 1.00 bits per heavy atom. The minimum Gasteiger partial charge on any atom is -0.469 e. The van der Waals surface area contributed by atoms with Crippen LogP contribution in [0.1, 0.15) is 113 Å². The molecule has 5 amide bonds. The number of fused-ring (bicyclic) bond motifs is 5. The highest BCUT2D eigenvalue weighted by Crippen LogP contribution is 2.35. The summed E-state index contributed by atoms with van der Waals surface area (Å²) >= 11 is 13.6. The van der Waals surface area contributed by atoms with Crippen LogP contribution in [0.3, 0.4) is 0 Å². The number of anilines is 5. The van der Waals surface area contributed by atoms with Gasteiger partial charge in [0.2, 0.25) is 5.76 Å². The van der Waals surface area contributed by atoms with Gasteiger partial charge in [-0.05, 0) is 151 Å². The number of carbonyl (C=O) groups is 5. The molecule has 24 heteroatoms. The van der Waals surface area contributed by atoms with Crippen molar-refractivity contribution < 1.29 is 32.8 Å². The molecule has 10 aromatic carbocycles. The van der Waals surface area contributed by atoms with E-state index < -0.39 is 0 Å². The Morgan fingerprint density at radius 2 is 0.703 bits per heavy atom. The minimum absolute atomic E-state index is 0.101. The molecule has 0 radical (unpaired) electrons. The van der Waals surface area contributed by atoms with Gasteiger partial charge in [0.05, 0.1) is 84.6 Å². The van der Waals surface area contributed by atoms with Crippen molar-refractivity contribution in [2.45, 2.75) is 74.3 Å². The molecule has 10 heterocycles. The number of amides is 5. The van der Waals surface area contributed by atoms with Crippen molar-refractivity contribution >= 4 is 174 Å². The lowest BCUT2D eigenvalue weighted by Crippen LogP contribution is -2.11. The van der Waals surface area contributed by atoms with Crippen molar-refractivity contribution in [1.82, 2.24) is 32.2 Å². The number of oxazole rings is 1. The van der Waals surface area contributed by atoms with E-state index in [4.69, 9.17) is 20.4 Å². The third-order valence-electron chi connectivity index (χ3n) is 21.7. The van der Waals surface area contributed by atoms with Crippen molar-refractivity contribution in [3.63, 3.8) is 0 Å². The number of thiophene rings is 2. The number of nitrogens with one attached hydrogen (secondary N) is 5. The van der Waals surface area contributed by atoms with Crippen LogP contribution in [0.2, 0.25) is 5.02 Å². The summed E-state index contributed by atoms with van der Waals surface area (Å²) in [7, 11) is 0. The van der Waals surface area contributed by atoms with Crippen LogP contribution in [-0.4, -0.2) is 61.7 Å². The Labute approximate surface area is 764 Å². The molecule has 0 saturated heterocycles. The van der Waals surface area contributed by atoms with Crippen LogP contribution in [0, 0.1) is 41.5 Å². The molecule has 20 aromatic rings. The van der Waals surface area contributed by atoms with Crippen molar-refractivity contribution in [2.24, 2.45) is 0 Å². The van der Waals surface area contributed by atoms with E-state index in [-0.39, 0.29) is 35.3 Å². The van der Waals surface area contributed by atoms with Crippen LogP contribution in [0.5, 0.6) is 0 Å². The van der Waals surface area contributed by atoms with Gasteiger partial charge in [0, 0.05) is 111 Å². The summed E-state index contributed by atoms with van der Waals surface area (Å²) in [6.45, 7) is 16.0. The predicted molar refractivity (Wildman–Crippen MR) is 524 cm³/mol. The number of para-hydroxylation sites is 5. The van der Waals surface area contributed by atoms with E-state index >= 15 is 0 Å². The van der Waals surface area contributed by atoms with Gasteiger partial charge in [-0.15, -0.1) is 11.3 Å². The Hall–Kier alpha value is -14.5. The second-order valence-electron chi connectivity index (χ2n) is 31.0. The zero-order valence-corrected chi connectivity index (χ0v) is 75.6. The van der Waals surface area contributed by atoms with Crippen LogP contribution in [0.25, 0.3) is 54.5 Å². The van der Waals surface area contributed by atoms with Gasteiger partial charge in [-0.25, -0.2) is 4.98 Å². The highest BCUT2D eigenvalue weighted by molar-refractivity contribution is 9.10. The SMILES string of the molecule is Cc1ccc(Cn2cc(NC(=O)c3ccoc3C)c3ccccc32)cc1.Cc1ccc(Cn2cc(NC(=O)c3ccsn3)c3ccccc32)cc1.Cc1ccc(Cn2cc(NC(=O)c3cnco3)c3ccccc32)cc1.Cc1ccc(Cn2cc(NC(=O)c3cscc3Br)c3ccccc32)cc1.Cc1ccc(Cn2cc(NC(=O)c3sccc3Cl)c3ccccc32)cc1. The van der Waals surface area contributed by atoms with Gasteiger partial charge in [-0.3, -0.25) is 24.0 Å². The summed E-state index contributed by atoms with van der Waals surface area (Å²) < 4.78 is 26.0. The first-order chi connectivity index (χ1) is 62.2. The first-order valence-electron chi connectivity index (χ1n) is 41.3. The van der Waals surface area contributed by atoms with E-state index in [0.29, 0.717) is 32.5 Å². The molecular formula is C104H88BrClN12O7S3. The molecule has 0 fully saturated rings. The van der Waals surface area contributed by atoms with Crippen molar-refractivity contribution in [3.8, 4) is 0 Å². The van der Waals surface area contributed by atoms with Gasteiger partial charge in [0.15, 0.2) is 6.39 Å². The number of nitrogens with zero attached hydrogens (tertiary/aromatic N) is 7. The number of rotatable bonds is 20. The fourth-order valence-electron chi connectivity index (χ4n) is 14.9.